The molecule has 0 aliphatic rings. The number of rotatable bonds is 3. The van der Waals surface area contributed by atoms with Gasteiger partial charge in [0.2, 0.25) is 0 Å². The van der Waals surface area contributed by atoms with Crippen molar-refractivity contribution in [1.82, 2.24) is 0 Å². The molecule has 0 bridgehead atoms. The van der Waals surface area contributed by atoms with Crippen molar-refractivity contribution in [3.63, 3.8) is 0 Å². The molecule has 1 aromatic rings. The summed E-state index contributed by atoms with van der Waals surface area (Å²) >= 11 is 0. The zero-order valence-electron chi connectivity index (χ0n) is 9.61. The number of esters is 1. The highest BCUT2D eigenvalue weighted by Gasteiger charge is 2.19. The van der Waals surface area contributed by atoms with E-state index >= 15 is 0 Å². The van der Waals surface area contributed by atoms with Gasteiger partial charge in [-0.25, -0.2) is 0 Å². The maximum atomic E-state index is 11.4. The smallest absolute Gasteiger partial charge is 0.312 e. The van der Waals surface area contributed by atoms with Crippen molar-refractivity contribution >= 4 is 24.1 Å². The Morgan fingerprint density at radius 3 is 2.62 bits per heavy atom. The molecule has 1 atom stereocenters. The molecule has 1 rings (SSSR count). The molecule has 0 amide bonds. The van der Waals surface area contributed by atoms with E-state index in [1.165, 1.54) is 7.11 Å². The summed E-state index contributed by atoms with van der Waals surface area (Å²) < 4.78 is 4.70. The molecular formula is C11H17ClN2O2. The van der Waals surface area contributed by atoms with Crippen molar-refractivity contribution in [2.75, 3.05) is 12.5 Å². The zero-order valence-corrected chi connectivity index (χ0v) is 10.4. The minimum Gasteiger partial charge on any atom is -0.469 e. The predicted molar refractivity (Wildman–Crippen MR) is 66.7 cm³/mol. The molecule has 1 aromatic carbocycles. The van der Waals surface area contributed by atoms with Crippen LogP contribution in [0.15, 0.2) is 18.2 Å². The number of benzene rings is 1. The van der Waals surface area contributed by atoms with E-state index in [0.717, 1.165) is 16.8 Å². The summed E-state index contributed by atoms with van der Waals surface area (Å²) in [6, 6.07) is 5.69. The molecule has 4 nitrogen and oxygen atoms in total. The van der Waals surface area contributed by atoms with Crippen LogP contribution < -0.4 is 11.3 Å². The van der Waals surface area contributed by atoms with Crippen LogP contribution in [0.2, 0.25) is 0 Å². The number of para-hydroxylation sites is 1. The molecule has 0 aliphatic heterocycles. The van der Waals surface area contributed by atoms with Crippen molar-refractivity contribution in [2.45, 2.75) is 19.8 Å². The Morgan fingerprint density at radius 1 is 1.50 bits per heavy atom. The molecule has 0 fully saturated rings. The number of carbonyl (C=O) groups is 1. The van der Waals surface area contributed by atoms with Crippen molar-refractivity contribution in [3.8, 4) is 0 Å². The van der Waals surface area contributed by atoms with Gasteiger partial charge in [-0.1, -0.05) is 18.2 Å². The van der Waals surface area contributed by atoms with Gasteiger partial charge in [-0.05, 0) is 25.0 Å². The summed E-state index contributed by atoms with van der Waals surface area (Å²) in [6.07, 6.45) is 0. The van der Waals surface area contributed by atoms with E-state index in [-0.39, 0.29) is 24.3 Å². The van der Waals surface area contributed by atoms with Gasteiger partial charge in [-0.3, -0.25) is 10.6 Å². The number of carbonyl (C=O) groups excluding carboxylic acids is 1. The van der Waals surface area contributed by atoms with Crippen LogP contribution in [-0.2, 0) is 9.53 Å². The van der Waals surface area contributed by atoms with Gasteiger partial charge in [0.1, 0.15) is 0 Å². The number of nitrogen functional groups attached to an aromatic ring is 1. The van der Waals surface area contributed by atoms with E-state index < -0.39 is 0 Å². The SMILES string of the molecule is COC(=O)C(C)c1cccc(C)c1NN.Cl. The number of hydrazine groups is 1. The third-order valence-electron chi connectivity index (χ3n) is 2.47. The van der Waals surface area contributed by atoms with E-state index in [0.29, 0.717) is 0 Å². The van der Waals surface area contributed by atoms with Crippen molar-refractivity contribution < 1.29 is 9.53 Å². The monoisotopic (exact) mass is 244 g/mol. The number of nitrogens with two attached hydrogens (primary N) is 1. The molecule has 5 heteroatoms. The number of halogens is 1. The van der Waals surface area contributed by atoms with Gasteiger partial charge in [0.15, 0.2) is 0 Å². The predicted octanol–water partition coefficient (Wildman–Crippen LogP) is 1.98. The number of methoxy groups -OCH3 is 1. The Bertz CT molecular complexity index is 369. The fourth-order valence-electron chi connectivity index (χ4n) is 1.55. The van der Waals surface area contributed by atoms with Crippen molar-refractivity contribution in [2.24, 2.45) is 5.84 Å². The lowest BCUT2D eigenvalue weighted by Gasteiger charge is -2.15. The second-order valence-electron chi connectivity index (χ2n) is 3.43. The Hall–Kier alpha value is -1.26. The molecule has 3 N–H and O–H groups in total. The van der Waals surface area contributed by atoms with Gasteiger partial charge >= 0.3 is 5.97 Å². The number of ether oxygens (including phenoxy) is 1. The summed E-state index contributed by atoms with van der Waals surface area (Å²) in [5.74, 6) is 4.84. The van der Waals surface area contributed by atoms with Crippen LogP contribution in [0.4, 0.5) is 5.69 Å². The van der Waals surface area contributed by atoms with Crippen LogP contribution in [0.3, 0.4) is 0 Å². The van der Waals surface area contributed by atoms with Crippen LogP contribution in [0.25, 0.3) is 0 Å². The second-order valence-corrected chi connectivity index (χ2v) is 3.43. The molecular weight excluding hydrogens is 228 g/mol. The van der Waals surface area contributed by atoms with Crippen molar-refractivity contribution in [1.29, 1.82) is 0 Å². The van der Waals surface area contributed by atoms with Crippen LogP contribution in [0, 0.1) is 6.92 Å². The third kappa shape index (κ3) is 2.87. The van der Waals surface area contributed by atoms with Gasteiger partial charge in [-0.15, -0.1) is 12.4 Å². The molecule has 0 aliphatic carbocycles. The van der Waals surface area contributed by atoms with Crippen LogP contribution in [-0.4, -0.2) is 13.1 Å². The lowest BCUT2D eigenvalue weighted by Crippen LogP contribution is -2.16. The summed E-state index contributed by atoms with van der Waals surface area (Å²) in [6.45, 7) is 3.73. The first-order valence-corrected chi connectivity index (χ1v) is 4.75. The fourth-order valence-corrected chi connectivity index (χ4v) is 1.55. The van der Waals surface area contributed by atoms with Crippen LogP contribution >= 0.6 is 12.4 Å². The Kier molecular flexibility index (Phi) is 5.85. The first-order valence-electron chi connectivity index (χ1n) is 4.75. The summed E-state index contributed by atoms with van der Waals surface area (Å²) in [5, 5.41) is 0. The van der Waals surface area contributed by atoms with Gasteiger partial charge in [-0.2, -0.15) is 0 Å². The van der Waals surface area contributed by atoms with Gasteiger partial charge in [0, 0.05) is 0 Å². The minimum absolute atomic E-state index is 0. The number of hydrogen-bond donors (Lipinski definition) is 2. The maximum absolute atomic E-state index is 11.4. The number of aryl methyl sites for hydroxylation is 1. The lowest BCUT2D eigenvalue weighted by molar-refractivity contribution is -0.141. The van der Waals surface area contributed by atoms with E-state index in [2.05, 4.69) is 5.43 Å². The highest BCUT2D eigenvalue weighted by atomic mass is 35.5. The summed E-state index contributed by atoms with van der Waals surface area (Å²) in [5.41, 5.74) is 5.26. The van der Waals surface area contributed by atoms with Crippen LogP contribution in [0.1, 0.15) is 24.0 Å². The highest BCUT2D eigenvalue weighted by molar-refractivity contribution is 5.85. The number of anilines is 1. The standard InChI is InChI=1S/C11H16N2O2.ClH/c1-7-5-4-6-9(10(7)13-12)8(2)11(14)15-3;/h4-6,8,13H,12H2,1-3H3;1H. The average molecular weight is 245 g/mol. The van der Waals surface area contributed by atoms with Gasteiger partial charge in [0.05, 0.1) is 18.7 Å². The Labute approximate surface area is 102 Å². The molecule has 0 radical (unpaired) electrons. The second kappa shape index (κ2) is 6.35. The van der Waals surface area contributed by atoms with E-state index in [1.807, 2.05) is 25.1 Å². The van der Waals surface area contributed by atoms with Gasteiger partial charge in [0.25, 0.3) is 0 Å². The summed E-state index contributed by atoms with van der Waals surface area (Å²) in [7, 11) is 1.38. The fraction of sp³-hybridized carbons (Fsp3) is 0.364. The first kappa shape index (κ1) is 14.7. The average Bonchev–Trinajstić information content (AvgIpc) is 2.26. The highest BCUT2D eigenvalue weighted by Crippen LogP contribution is 2.27. The Morgan fingerprint density at radius 2 is 2.12 bits per heavy atom. The zero-order chi connectivity index (χ0) is 11.4. The quantitative estimate of drug-likeness (QED) is 0.485. The summed E-state index contributed by atoms with van der Waals surface area (Å²) in [4.78, 5) is 11.4. The molecule has 0 saturated heterocycles. The third-order valence-corrected chi connectivity index (χ3v) is 2.47. The molecule has 90 valence electrons. The lowest BCUT2D eigenvalue weighted by atomic mass is 9.97. The van der Waals surface area contributed by atoms with Crippen molar-refractivity contribution in [3.05, 3.63) is 29.3 Å². The molecule has 16 heavy (non-hydrogen) atoms. The molecule has 0 aromatic heterocycles. The van der Waals surface area contributed by atoms with E-state index in [4.69, 9.17) is 10.6 Å². The number of hydrogen-bond acceptors (Lipinski definition) is 4. The van der Waals surface area contributed by atoms with Crippen LogP contribution in [0.5, 0.6) is 0 Å². The molecule has 1 unspecified atom stereocenters. The molecule has 0 saturated carbocycles. The van der Waals surface area contributed by atoms with E-state index in [1.54, 1.807) is 6.92 Å². The van der Waals surface area contributed by atoms with Gasteiger partial charge < -0.3 is 10.2 Å². The largest absolute Gasteiger partial charge is 0.469 e. The normalized spacial score (nSPS) is 11.2. The van der Waals surface area contributed by atoms with E-state index in [9.17, 15) is 4.79 Å². The molecule has 0 heterocycles. The maximum Gasteiger partial charge on any atom is 0.312 e. The minimum atomic E-state index is -0.319. The number of nitrogens with one attached hydrogen (secondary N) is 1. The Balaban J connectivity index is 0.00000225. The first-order chi connectivity index (χ1) is 7.11. The topological polar surface area (TPSA) is 64.3 Å². The molecule has 0 spiro atoms.